The summed E-state index contributed by atoms with van der Waals surface area (Å²) in [6.45, 7) is 2.09. The highest BCUT2D eigenvalue weighted by Crippen LogP contribution is 2.20. The van der Waals surface area contributed by atoms with Gasteiger partial charge in [-0.25, -0.2) is 14.0 Å². The summed E-state index contributed by atoms with van der Waals surface area (Å²) in [6.07, 6.45) is 4.07. The second-order valence-electron chi connectivity index (χ2n) is 5.27. The average Bonchev–Trinajstić information content (AvgIpc) is 3.27. The largest absolute Gasteiger partial charge is 0.462 e. The minimum atomic E-state index is -0.712. The molecule has 0 aliphatic heterocycles. The number of carbonyl (C=O) groups excluding carboxylic acids is 2. The van der Waals surface area contributed by atoms with E-state index < -0.39 is 11.9 Å². The predicted octanol–water partition coefficient (Wildman–Crippen LogP) is 2.19. The first-order valence-electron chi connectivity index (χ1n) is 7.76. The van der Waals surface area contributed by atoms with Crippen LogP contribution < -0.4 is 4.74 Å². The molecule has 26 heavy (non-hydrogen) atoms. The van der Waals surface area contributed by atoms with Gasteiger partial charge in [-0.05, 0) is 24.6 Å². The first kappa shape index (κ1) is 17.3. The van der Waals surface area contributed by atoms with Crippen molar-refractivity contribution in [3.63, 3.8) is 0 Å². The molecule has 0 radical (unpaired) electrons. The summed E-state index contributed by atoms with van der Waals surface area (Å²) in [5.74, 6) is -1.89. The van der Waals surface area contributed by atoms with Gasteiger partial charge in [0.25, 0.3) is 5.88 Å². The molecule has 0 aliphatic carbocycles. The standard InChI is InChI=1S/C17H15FN4O4/c1-2-25-17(24)14-10-22(9-11-3-5-13(18)6-4-11)21-15(14)26-16(23)12-7-19-20-8-12/h3-8,10H,2,9H2,1H3,(H,19,20). The molecule has 0 aliphatic rings. The van der Waals surface area contributed by atoms with E-state index in [1.54, 1.807) is 19.1 Å². The van der Waals surface area contributed by atoms with Gasteiger partial charge in [0.2, 0.25) is 0 Å². The normalized spacial score (nSPS) is 10.5. The van der Waals surface area contributed by atoms with Crippen molar-refractivity contribution < 1.29 is 23.5 Å². The lowest BCUT2D eigenvalue weighted by Crippen LogP contribution is -2.12. The molecule has 0 amide bonds. The number of benzene rings is 1. The van der Waals surface area contributed by atoms with Gasteiger partial charge in [0.1, 0.15) is 11.4 Å². The van der Waals surface area contributed by atoms with Crippen LogP contribution in [0.2, 0.25) is 0 Å². The lowest BCUT2D eigenvalue weighted by Gasteiger charge is -2.02. The van der Waals surface area contributed by atoms with Crippen molar-refractivity contribution >= 4 is 11.9 Å². The molecule has 134 valence electrons. The van der Waals surface area contributed by atoms with Crippen molar-refractivity contribution in [2.24, 2.45) is 0 Å². The Hall–Kier alpha value is -3.49. The molecule has 0 unspecified atom stereocenters. The maximum absolute atomic E-state index is 13.0. The Kier molecular flexibility index (Phi) is 5.07. The molecule has 2 aromatic heterocycles. The molecular weight excluding hydrogens is 343 g/mol. The van der Waals surface area contributed by atoms with Gasteiger partial charge in [-0.3, -0.25) is 9.78 Å². The Morgan fingerprint density at radius 3 is 2.65 bits per heavy atom. The highest BCUT2D eigenvalue weighted by molar-refractivity contribution is 5.95. The van der Waals surface area contributed by atoms with Crippen molar-refractivity contribution in [1.82, 2.24) is 20.0 Å². The maximum Gasteiger partial charge on any atom is 0.348 e. The number of aromatic nitrogens is 4. The van der Waals surface area contributed by atoms with E-state index >= 15 is 0 Å². The fraction of sp³-hybridized carbons (Fsp3) is 0.176. The van der Waals surface area contributed by atoms with Crippen LogP contribution in [0.3, 0.4) is 0 Å². The molecule has 0 bridgehead atoms. The molecule has 0 fully saturated rings. The summed E-state index contributed by atoms with van der Waals surface area (Å²) < 4.78 is 24.6. The summed E-state index contributed by atoms with van der Waals surface area (Å²) in [6, 6.07) is 5.84. The molecule has 3 aromatic rings. The monoisotopic (exact) mass is 358 g/mol. The molecule has 0 spiro atoms. The third kappa shape index (κ3) is 3.94. The van der Waals surface area contributed by atoms with E-state index in [1.807, 2.05) is 0 Å². The van der Waals surface area contributed by atoms with Crippen molar-refractivity contribution in [2.75, 3.05) is 6.61 Å². The number of aromatic amines is 1. The fourth-order valence-corrected chi connectivity index (χ4v) is 2.20. The van der Waals surface area contributed by atoms with Gasteiger partial charge >= 0.3 is 11.9 Å². The SMILES string of the molecule is CCOC(=O)c1cn(Cc2ccc(F)cc2)nc1OC(=O)c1cn[nH]c1. The van der Waals surface area contributed by atoms with Crippen LogP contribution in [0.25, 0.3) is 0 Å². The third-order valence-electron chi connectivity index (χ3n) is 3.40. The molecular formula is C17H15FN4O4. The number of halogens is 1. The van der Waals surface area contributed by atoms with E-state index in [1.165, 1.54) is 35.4 Å². The molecule has 0 saturated carbocycles. The highest BCUT2D eigenvalue weighted by atomic mass is 19.1. The number of hydrogen-bond donors (Lipinski definition) is 1. The summed E-state index contributed by atoms with van der Waals surface area (Å²) in [7, 11) is 0. The van der Waals surface area contributed by atoms with E-state index in [9.17, 15) is 14.0 Å². The first-order valence-corrected chi connectivity index (χ1v) is 7.76. The second-order valence-corrected chi connectivity index (χ2v) is 5.27. The maximum atomic E-state index is 13.0. The van der Waals surface area contributed by atoms with Crippen molar-refractivity contribution in [3.05, 3.63) is 65.4 Å². The van der Waals surface area contributed by atoms with Crippen molar-refractivity contribution in [3.8, 4) is 5.88 Å². The van der Waals surface area contributed by atoms with Crippen LogP contribution in [0.4, 0.5) is 4.39 Å². The van der Waals surface area contributed by atoms with Crippen LogP contribution in [-0.4, -0.2) is 38.5 Å². The van der Waals surface area contributed by atoms with Crippen LogP contribution in [-0.2, 0) is 11.3 Å². The summed E-state index contributed by atoms with van der Waals surface area (Å²) in [5.41, 5.74) is 0.968. The lowest BCUT2D eigenvalue weighted by molar-refractivity contribution is 0.0520. The van der Waals surface area contributed by atoms with Crippen LogP contribution >= 0.6 is 0 Å². The van der Waals surface area contributed by atoms with E-state index in [-0.39, 0.29) is 36.0 Å². The second kappa shape index (κ2) is 7.60. The number of nitrogens with zero attached hydrogens (tertiary/aromatic N) is 3. The van der Waals surface area contributed by atoms with E-state index in [0.717, 1.165) is 5.56 Å². The van der Waals surface area contributed by atoms with Gasteiger partial charge in [0, 0.05) is 12.4 Å². The van der Waals surface area contributed by atoms with Gasteiger partial charge in [0.15, 0.2) is 0 Å². The predicted molar refractivity (Wildman–Crippen MR) is 87.2 cm³/mol. The molecule has 9 heteroatoms. The smallest absolute Gasteiger partial charge is 0.348 e. The number of nitrogens with one attached hydrogen (secondary N) is 1. The van der Waals surface area contributed by atoms with Gasteiger partial charge in [-0.1, -0.05) is 12.1 Å². The molecule has 2 heterocycles. The minimum Gasteiger partial charge on any atom is -0.462 e. The van der Waals surface area contributed by atoms with Crippen molar-refractivity contribution in [1.29, 1.82) is 0 Å². The number of carbonyl (C=O) groups is 2. The van der Waals surface area contributed by atoms with Gasteiger partial charge in [0.05, 0.1) is 24.9 Å². The van der Waals surface area contributed by atoms with Crippen LogP contribution in [0.5, 0.6) is 5.88 Å². The van der Waals surface area contributed by atoms with E-state index in [4.69, 9.17) is 9.47 Å². The van der Waals surface area contributed by atoms with Crippen molar-refractivity contribution in [2.45, 2.75) is 13.5 Å². The molecule has 8 nitrogen and oxygen atoms in total. The third-order valence-corrected chi connectivity index (χ3v) is 3.40. The summed E-state index contributed by atoms with van der Waals surface area (Å²) >= 11 is 0. The average molecular weight is 358 g/mol. The number of esters is 2. The Labute approximate surface area is 147 Å². The molecule has 0 saturated heterocycles. The van der Waals surface area contributed by atoms with E-state index in [0.29, 0.717) is 0 Å². The zero-order chi connectivity index (χ0) is 18.5. The Balaban J connectivity index is 1.85. The van der Waals surface area contributed by atoms with Crippen LogP contribution in [0.1, 0.15) is 33.2 Å². The fourth-order valence-electron chi connectivity index (χ4n) is 2.20. The molecule has 3 rings (SSSR count). The van der Waals surface area contributed by atoms with Gasteiger partial charge < -0.3 is 9.47 Å². The number of hydrogen-bond acceptors (Lipinski definition) is 6. The summed E-state index contributed by atoms with van der Waals surface area (Å²) in [5, 5.41) is 10.3. The topological polar surface area (TPSA) is 99.1 Å². The van der Waals surface area contributed by atoms with Gasteiger partial charge in [-0.15, -0.1) is 5.10 Å². The van der Waals surface area contributed by atoms with Gasteiger partial charge in [-0.2, -0.15) is 5.10 Å². The number of H-pyrrole nitrogens is 1. The zero-order valence-corrected chi connectivity index (χ0v) is 13.8. The molecule has 1 N–H and O–H groups in total. The highest BCUT2D eigenvalue weighted by Gasteiger charge is 2.22. The number of rotatable bonds is 6. The molecule has 0 atom stereocenters. The first-order chi connectivity index (χ1) is 12.6. The zero-order valence-electron chi connectivity index (χ0n) is 13.8. The lowest BCUT2D eigenvalue weighted by atomic mass is 10.2. The number of ether oxygens (including phenoxy) is 2. The van der Waals surface area contributed by atoms with E-state index in [2.05, 4.69) is 15.3 Å². The van der Waals surface area contributed by atoms with Crippen LogP contribution in [0, 0.1) is 5.82 Å². The Bertz CT molecular complexity index is 904. The van der Waals surface area contributed by atoms with Crippen LogP contribution in [0.15, 0.2) is 42.9 Å². The quantitative estimate of drug-likeness (QED) is 0.678. The molecule has 1 aromatic carbocycles. The Morgan fingerprint density at radius 1 is 1.23 bits per heavy atom. The Morgan fingerprint density at radius 2 is 2.00 bits per heavy atom. The summed E-state index contributed by atoms with van der Waals surface area (Å²) in [4.78, 5) is 24.2. The minimum absolute atomic E-state index is 0.0193.